The predicted octanol–water partition coefficient (Wildman–Crippen LogP) is 25.3. The van der Waals surface area contributed by atoms with Crippen LogP contribution in [0.25, 0.3) is 193 Å². The van der Waals surface area contributed by atoms with Gasteiger partial charge in [0.2, 0.25) is 0 Å². The molecule has 0 spiro atoms. The lowest BCUT2D eigenvalue weighted by Gasteiger charge is -2.11. The number of hydrogen-bond donors (Lipinski definition) is 0. The quantitative estimate of drug-likeness (QED) is 0.0824. The fraction of sp³-hybridized carbons (Fsp3) is 0.0811. The van der Waals surface area contributed by atoms with E-state index >= 15 is 0 Å². The highest BCUT2D eigenvalue weighted by atomic mass is 15.1. The van der Waals surface area contributed by atoms with E-state index in [0.29, 0.717) is 64.1 Å². The zero-order valence-electron chi connectivity index (χ0n) is 72.6. The van der Waals surface area contributed by atoms with Crippen LogP contribution < -0.4 is 0 Å². The van der Waals surface area contributed by atoms with Crippen molar-refractivity contribution in [1.82, 2.24) is 89.7 Å². The van der Waals surface area contributed by atoms with Gasteiger partial charge in [-0.3, -0.25) is 24.9 Å². The van der Waals surface area contributed by atoms with Crippen LogP contribution in [-0.2, 0) is 0 Å². The van der Waals surface area contributed by atoms with Crippen molar-refractivity contribution in [2.75, 3.05) is 0 Å². The van der Waals surface area contributed by atoms with E-state index in [0.717, 1.165) is 180 Å². The van der Waals surface area contributed by atoms with Crippen LogP contribution in [0.3, 0.4) is 0 Å². The van der Waals surface area contributed by atoms with Crippen LogP contribution >= 0.6 is 0 Å². The summed E-state index contributed by atoms with van der Waals surface area (Å²) in [6, 6.07) is 120. The van der Waals surface area contributed by atoms with Gasteiger partial charge in [-0.05, 0) is 195 Å². The molecule has 0 fully saturated rings. The van der Waals surface area contributed by atoms with Crippen molar-refractivity contribution in [2.24, 2.45) is 0 Å². The van der Waals surface area contributed by atoms with Crippen LogP contribution in [0.2, 0.25) is 0 Å². The van der Waals surface area contributed by atoms with Crippen molar-refractivity contribution < 1.29 is 0 Å². The molecule has 0 saturated heterocycles. The molecule has 0 amide bonds. The lowest BCUT2D eigenvalue weighted by molar-refractivity contribution is 1.06. The van der Waals surface area contributed by atoms with E-state index in [1.54, 1.807) is 0 Å². The number of benzene rings is 10. The maximum Gasteiger partial charge on any atom is 0.164 e. The van der Waals surface area contributed by atoms with Crippen molar-refractivity contribution in [2.45, 2.75) is 62.3 Å². The van der Waals surface area contributed by atoms with Crippen molar-refractivity contribution in [1.29, 1.82) is 0 Å². The lowest BCUT2D eigenvalue weighted by Crippen LogP contribution is -2.01. The first-order chi connectivity index (χ1) is 63.0. The Kier molecular flexibility index (Phi) is 24.3. The Bertz CT molecular complexity index is 7010. The molecule has 18 heteroatoms. The first kappa shape index (κ1) is 83.1. The van der Waals surface area contributed by atoms with Gasteiger partial charge in [0.15, 0.2) is 64.1 Å². The van der Waals surface area contributed by atoms with E-state index < -0.39 is 0 Å². The Morgan fingerprint density at radius 2 is 0.256 bits per heavy atom. The summed E-state index contributed by atoms with van der Waals surface area (Å²) in [5.41, 5.74) is 30.1. The zero-order valence-corrected chi connectivity index (χ0v) is 72.6. The molecular weight excluding hydrogens is 1590 g/mol. The van der Waals surface area contributed by atoms with Gasteiger partial charge in [0.05, 0.1) is 28.5 Å². The van der Waals surface area contributed by atoms with E-state index in [2.05, 4.69) is 117 Å². The smallest absolute Gasteiger partial charge is 0.164 e. The largest absolute Gasteiger partial charge is 0.253 e. The molecule has 20 rings (SSSR count). The second-order valence-electron chi connectivity index (χ2n) is 31.6. The maximum absolute atomic E-state index is 5.02. The molecule has 0 bridgehead atoms. The van der Waals surface area contributed by atoms with Gasteiger partial charge >= 0.3 is 0 Å². The summed E-state index contributed by atoms with van der Waals surface area (Å²) in [7, 11) is 0. The molecular formula is C111H86N18. The van der Waals surface area contributed by atoms with E-state index in [1.807, 2.05) is 323 Å². The summed E-state index contributed by atoms with van der Waals surface area (Å²) in [6.45, 7) is 17.9. The highest BCUT2D eigenvalue weighted by Crippen LogP contribution is 2.37. The summed E-state index contributed by atoms with van der Waals surface area (Å²) in [4.78, 5) is 87.1. The van der Waals surface area contributed by atoms with Gasteiger partial charge in [-0.2, -0.15) is 0 Å². The molecule has 0 aliphatic heterocycles. The van der Waals surface area contributed by atoms with Gasteiger partial charge in [0.1, 0.15) is 0 Å². The second-order valence-corrected chi connectivity index (χ2v) is 31.6. The molecule has 0 unspecified atom stereocenters. The van der Waals surface area contributed by atoms with Crippen LogP contribution in [0.15, 0.2) is 358 Å². The number of aromatic nitrogens is 18. The highest BCUT2D eigenvalue weighted by Gasteiger charge is 2.21. The van der Waals surface area contributed by atoms with E-state index in [4.69, 9.17) is 69.8 Å². The van der Waals surface area contributed by atoms with Gasteiger partial charge in [0, 0.05) is 140 Å². The zero-order chi connectivity index (χ0) is 88.3. The first-order valence-corrected chi connectivity index (χ1v) is 42.6. The van der Waals surface area contributed by atoms with Crippen LogP contribution in [0.5, 0.6) is 0 Å². The van der Waals surface area contributed by atoms with Crippen molar-refractivity contribution in [3.05, 3.63) is 409 Å². The molecule has 129 heavy (non-hydrogen) atoms. The fourth-order valence-electron chi connectivity index (χ4n) is 15.3. The van der Waals surface area contributed by atoms with Crippen LogP contribution in [-0.4, -0.2) is 89.7 Å². The SMILES string of the molecule is Cc1cc(C)nc(-c2cccc(-c3nc(-c4ccccc4)nc(-c4cccc(-c5nc(C)cc(C)n5)c4)n3)c2)n1.Cc1cccc(-c2cccc(-c3nc(-c4cccc(-c5cccc(C)n5)c4)nc(-c4cccc(-c5cccc(C)n5)c4)n3)c2)n1.Cc1cccc(-c2cccc(-c3nc(-c4cccc(-c5ccccc5)c4)nc(-c4cccc(-c5cccc(C)n5)c4)n3)c2)n1. The van der Waals surface area contributed by atoms with E-state index in [-0.39, 0.29) is 0 Å². The molecule has 0 saturated carbocycles. The van der Waals surface area contributed by atoms with Crippen LogP contribution in [0, 0.1) is 62.3 Å². The van der Waals surface area contributed by atoms with Crippen LogP contribution in [0.1, 0.15) is 51.2 Å². The molecule has 10 aromatic carbocycles. The van der Waals surface area contributed by atoms with E-state index in [9.17, 15) is 0 Å². The molecule has 10 aromatic heterocycles. The standard InChI is InChI=1S/C39H30N6.C39H29N5.C33H27N7/c1-25-10-4-19-34(40-25)28-13-7-16-31(22-28)37-43-38(32-17-8-14-29(23-32)35-20-5-11-26(2)41-35)45-39(44-37)33-18-9-15-30(24-33)36-21-6-12-27(3)42-36;1-26-11-6-21-35(40-26)30-16-9-19-33(24-30)38-42-37(32-18-8-15-29(23-32)28-13-4-3-5-14-28)43-39(44-38)34-20-10-17-31(25-34)36-22-7-12-27(2)41-36;1-20-16-21(2)35-30(34-20)25-12-8-14-27(18-25)32-38-29(24-10-6-5-7-11-24)39-33(40-32)28-15-9-13-26(19-28)31-36-22(3)17-23(4)37-31/h4-24H,1-3H3;3-25H,1-2H3;5-19H,1-4H3. The molecule has 0 atom stereocenters. The highest BCUT2D eigenvalue weighted by molar-refractivity contribution is 5.80. The maximum atomic E-state index is 5.02. The lowest BCUT2D eigenvalue weighted by atomic mass is 10.0. The molecule has 20 aromatic rings. The number of hydrogen-bond acceptors (Lipinski definition) is 18. The summed E-state index contributed by atoms with van der Waals surface area (Å²) in [6.07, 6.45) is 0. The number of pyridine rings is 5. The number of aryl methyl sites for hydroxylation is 9. The van der Waals surface area contributed by atoms with Gasteiger partial charge < -0.3 is 0 Å². The Morgan fingerprint density at radius 3 is 0.473 bits per heavy atom. The summed E-state index contributed by atoms with van der Waals surface area (Å²) in [5.74, 6) is 6.67. The van der Waals surface area contributed by atoms with Crippen molar-refractivity contribution in [3.8, 4) is 193 Å². The Hall–Kier alpha value is -16.9. The topological polar surface area (TPSA) is 232 Å². The van der Waals surface area contributed by atoms with Gasteiger partial charge in [-0.1, -0.05) is 237 Å². The minimum atomic E-state index is 0.572. The predicted molar refractivity (Wildman–Crippen MR) is 515 cm³/mol. The van der Waals surface area contributed by atoms with Crippen molar-refractivity contribution in [3.63, 3.8) is 0 Å². The number of rotatable bonds is 17. The second kappa shape index (κ2) is 37.7. The molecule has 10 heterocycles. The van der Waals surface area contributed by atoms with Crippen molar-refractivity contribution >= 4 is 0 Å². The fourth-order valence-corrected chi connectivity index (χ4v) is 15.3. The third-order valence-corrected chi connectivity index (χ3v) is 21.4. The Labute approximate surface area is 749 Å². The summed E-state index contributed by atoms with van der Waals surface area (Å²) in [5, 5.41) is 0. The van der Waals surface area contributed by atoms with Gasteiger partial charge in [-0.25, -0.2) is 64.8 Å². The third kappa shape index (κ3) is 20.0. The summed E-state index contributed by atoms with van der Waals surface area (Å²) < 4.78 is 0. The summed E-state index contributed by atoms with van der Waals surface area (Å²) >= 11 is 0. The Morgan fingerprint density at radius 1 is 0.101 bits per heavy atom. The average Bonchev–Trinajstić information content (AvgIpc) is 0.773. The molecule has 0 N–H and O–H groups in total. The van der Waals surface area contributed by atoms with Gasteiger partial charge in [-0.15, -0.1) is 0 Å². The molecule has 0 radical (unpaired) electrons. The van der Waals surface area contributed by atoms with Crippen LogP contribution in [0.4, 0.5) is 0 Å². The average molecular weight is 1670 g/mol. The monoisotopic (exact) mass is 1670 g/mol. The van der Waals surface area contributed by atoms with E-state index in [1.165, 1.54) is 0 Å². The van der Waals surface area contributed by atoms with Gasteiger partial charge in [0.25, 0.3) is 0 Å². The molecule has 0 aliphatic rings. The molecule has 18 nitrogen and oxygen atoms in total. The minimum absolute atomic E-state index is 0.572. The molecule has 620 valence electrons. The normalized spacial score (nSPS) is 11.0. The Balaban J connectivity index is 0.000000131. The molecule has 0 aliphatic carbocycles. The first-order valence-electron chi connectivity index (χ1n) is 42.6. The number of nitrogens with zero attached hydrogens (tertiary/aromatic N) is 18. The minimum Gasteiger partial charge on any atom is -0.253 e. The third-order valence-electron chi connectivity index (χ3n) is 21.4.